The predicted octanol–water partition coefficient (Wildman–Crippen LogP) is 0.601. The molecule has 0 aromatic carbocycles. The number of hydrogen-bond acceptors (Lipinski definition) is 4. The number of guanidine groups is 1. The number of piperazine rings is 1. The molecule has 0 spiro atoms. The third-order valence-corrected chi connectivity index (χ3v) is 4.95. The first kappa shape index (κ1) is 18.4. The highest BCUT2D eigenvalue weighted by Crippen LogP contribution is 2.18. The lowest BCUT2D eigenvalue weighted by Gasteiger charge is -2.36. The number of carbonyl (C=O) groups excluding carboxylic acids is 1. The lowest BCUT2D eigenvalue weighted by molar-refractivity contribution is -0.122. The monoisotopic (exact) mass is 341 g/mol. The molecule has 0 aromatic rings. The van der Waals surface area contributed by atoms with Gasteiger partial charge in [-0.15, -0.1) is 0 Å². The fourth-order valence-corrected chi connectivity index (χ4v) is 3.22. The predicted molar refractivity (Wildman–Crippen MR) is 98.2 cm³/mol. The van der Waals surface area contributed by atoms with Crippen LogP contribution in [0.1, 0.15) is 25.7 Å². The summed E-state index contributed by atoms with van der Waals surface area (Å²) >= 11 is 1.90. The molecule has 23 heavy (non-hydrogen) atoms. The molecule has 2 aliphatic rings. The summed E-state index contributed by atoms with van der Waals surface area (Å²) in [5.74, 6) is 2.40. The van der Waals surface area contributed by atoms with Gasteiger partial charge < -0.3 is 15.5 Å². The molecule has 0 unspecified atom stereocenters. The van der Waals surface area contributed by atoms with Gasteiger partial charge in [-0.3, -0.25) is 14.7 Å². The molecule has 7 heteroatoms. The lowest BCUT2D eigenvalue weighted by Crippen LogP contribution is -2.54. The second kappa shape index (κ2) is 10.0. The summed E-state index contributed by atoms with van der Waals surface area (Å²) in [5, 5.41) is 6.52. The van der Waals surface area contributed by atoms with E-state index in [0.717, 1.165) is 51.5 Å². The highest BCUT2D eigenvalue weighted by molar-refractivity contribution is 7.98. The molecular weight excluding hydrogens is 310 g/mol. The van der Waals surface area contributed by atoms with Crippen LogP contribution in [-0.2, 0) is 4.79 Å². The smallest absolute Gasteiger partial charge is 0.234 e. The first-order chi connectivity index (χ1) is 11.2. The van der Waals surface area contributed by atoms with Gasteiger partial charge in [0.25, 0.3) is 0 Å². The SMILES string of the molecule is CN=C(NCCCCSC)N1CCN(CC(=O)NC2CC2)CC1. The normalized spacial score (nSPS) is 19.7. The van der Waals surface area contributed by atoms with Crippen molar-refractivity contribution in [2.45, 2.75) is 31.7 Å². The van der Waals surface area contributed by atoms with Crippen LogP contribution < -0.4 is 10.6 Å². The minimum atomic E-state index is 0.178. The molecule has 1 aliphatic carbocycles. The van der Waals surface area contributed by atoms with E-state index in [9.17, 15) is 4.79 Å². The van der Waals surface area contributed by atoms with E-state index in [1.165, 1.54) is 18.6 Å². The van der Waals surface area contributed by atoms with Crippen LogP contribution in [0.4, 0.5) is 0 Å². The molecule has 0 bridgehead atoms. The van der Waals surface area contributed by atoms with Gasteiger partial charge in [0.2, 0.25) is 5.91 Å². The quantitative estimate of drug-likeness (QED) is 0.385. The zero-order valence-electron chi connectivity index (χ0n) is 14.5. The average molecular weight is 342 g/mol. The maximum Gasteiger partial charge on any atom is 0.234 e. The molecule has 1 heterocycles. The largest absolute Gasteiger partial charge is 0.356 e. The summed E-state index contributed by atoms with van der Waals surface area (Å²) < 4.78 is 0. The van der Waals surface area contributed by atoms with E-state index in [2.05, 4.69) is 31.7 Å². The van der Waals surface area contributed by atoms with Crippen molar-refractivity contribution in [2.75, 3.05) is 58.3 Å². The molecule has 1 amide bonds. The number of nitrogens with zero attached hydrogens (tertiary/aromatic N) is 3. The van der Waals surface area contributed by atoms with Crippen LogP contribution >= 0.6 is 11.8 Å². The van der Waals surface area contributed by atoms with Gasteiger partial charge in [0, 0.05) is 45.8 Å². The molecule has 2 N–H and O–H groups in total. The minimum Gasteiger partial charge on any atom is -0.356 e. The molecule has 0 atom stereocenters. The zero-order valence-corrected chi connectivity index (χ0v) is 15.3. The molecule has 2 fully saturated rings. The Morgan fingerprint density at radius 2 is 1.96 bits per heavy atom. The standard InChI is InChI=1S/C16H31N5OS/c1-17-16(18-7-3-4-12-23-2)21-10-8-20(9-11-21)13-15(22)19-14-5-6-14/h14H,3-13H2,1-2H3,(H,17,18)(H,19,22). The molecule has 6 nitrogen and oxygen atoms in total. The van der Waals surface area contributed by atoms with E-state index in [1.54, 1.807) is 0 Å². The van der Waals surface area contributed by atoms with E-state index in [4.69, 9.17) is 0 Å². The zero-order chi connectivity index (χ0) is 16.5. The van der Waals surface area contributed by atoms with Crippen molar-refractivity contribution in [3.05, 3.63) is 0 Å². The highest BCUT2D eigenvalue weighted by atomic mass is 32.2. The topological polar surface area (TPSA) is 60.0 Å². The average Bonchev–Trinajstić information content (AvgIpc) is 3.36. The van der Waals surface area contributed by atoms with Crippen LogP contribution in [0.15, 0.2) is 4.99 Å². The van der Waals surface area contributed by atoms with E-state index < -0.39 is 0 Å². The number of aliphatic imine (C=N–C) groups is 1. The van der Waals surface area contributed by atoms with E-state index in [1.807, 2.05) is 18.8 Å². The third kappa shape index (κ3) is 6.99. The lowest BCUT2D eigenvalue weighted by atomic mass is 10.3. The van der Waals surface area contributed by atoms with E-state index in [-0.39, 0.29) is 5.91 Å². The van der Waals surface area contributed by atoms with Crippen LogP contribution in [0, 0.1) is 0 Å². The summed E-state index contributed by atoms with van der Waals surface area (Å²) in [6, 6.07) is 0.456. The van der Waals surface area contributed by atoms with Gasteiger partial charge in [-0.1, -0.05) is 0 Å². The van der Waals surface area contributed by atoms with Crippen LogP contribution in [0.5, 0.6) is 0 Å². The number of unbranched alkanes of at least 4 members (excludes halogenated alkanes) is 1. The van der Waals surface area contributed by atoms with Gasteiger partial charge in [-0.2, -0.15) is 11.8 Å². The van der Waals surface area contributed by atoms with Crippen molar-refractivity contribution in [3.8, 4) is 0 Å². The Morgan fingerprint density at radius 3 is 2.57 bits per heavy atom. The van der Waals surface area contributed by atoms with Gasteiger partial charge in [0.15, 0.2) is 5.96 Å². The molecule has 1 aliphatic heterocycles. The highest BCUT2D eigenvalue weighted by Gasteiger charge is 2.25. The Labute approximate surface area is 144 Å². The van der Waals surface area contributed by atoms with Crippen molar-refractivity contribution in [1.82, 2.24) is 20.4 Å². The Balaban J connectivity index is 1.62. The molecule has 1 saturated heterocycles. The molecule has 132 valence electrons. The fraction of sp³-hybridized carbons (Fsp3) is 0.875. The number of carbonyl (C=O) groups is 1. The first-order valence-corrected chi connectivity index (χ1v) is 10.1. The Morgan fingerprint density at radius 1 is 1.22 bits per heavy atom. The van der Waals surface area contributed by atoms with Gasteiger partial charge >= 0.3 is 0 Å². The van der Waals surface area contributed by atoms with Crippen LogP contribution in [-0.4, -0.2) is 86.0 Å². The Hall–Kier alpha value is -0.950. The molecular formula is C16H31N5OS. The van der Waals surface area contributed by atoms with E-state index >= 15 is 0 Å². The van der Waals surface area contributed by atoms with Gasteiger partial charge in [0.1, 0.15) is 0 Å². The Kier molecular flexibility index (Phi) is 8.02. The van der Waals surface area contributed by atoms with E-state index in [0.29, 0.717) is 12.6 Å². The maximum atomic E-state index is 11.9. The summed E-state index contributed by atoms with van der Waals surface area (Å²) in [5.41, 5.74) is 0. The van der Waals surface area contributed by atoms with Crippen molar-refractivity contribution in [1.29, 1.82) is 0 Å². The summed E-state index contributed by atoms with van der Waals surface area (Å²) in [6.45, 7) is 5.22. The van der Waals surface area contributed by atoms with Crippen molar-refractivity contribution < 1.29 is 4.79 Å². The first-order valence-electron chi connectivity index (χ1n) is 8.69. The van der Waals surface area contributed by atoms with Crippen LogP contribution in [0.25, 0.3) is 0 Å². The van der Waals surface area contributed by atoms with Crippen LogP contribution in [0.3, 0.4) is 0 Å². The summed E-state index contributed by atoms with van der Waals surface area (Å²) in [4.78, 5) is 20.8. The number of hydrogen-bond donors (Lipinski definition) is 2. The minimum absolute atomic E-state index is 0.178. The number of nitrogens with one attached hydrogen (secondary N) is 2. The second-order valence-corrected chi connectivity index (χ2v) is 7.26. The molecule has 0 radical (unpaired) electrons. The van der Waals surface area contributed by atoms with Gasteiger partial charge in [-0.25, -0.2) is 0 Å². The van der Waals surface area contributed by atoms with Gasteiger partial charge in [0.05, 0.1) is 6.54 Å². The fourth-order valence-electron chi connectivity index (χ4n) is 2.73. The number of amides is 1. The van der Waals surface area contributed by atoms with Gasteiger partial charge in [-0.05, 0) is 37.7 Å². The molecule has 1 saturated carbocycles. The Bertz CT molecular complexity index is 392. The van der Waals surface area contributed by atoms with Crippen molar-refractivity contribution in [3.63, 3.8) is 0 Å². The maximum absolute atomic E-state index is 11.9. The summed E-state index contributed by atoms with van der Waals surface area (Å²) in [7, 11) is 1.85. The van der Waals surface area contributed by atoms with Crippen LogP contribution in [0.2, 0.25) is 0 Å². The molecule has 0 aromatic heterocycles. The number of thioether (sulfide) groups is 1. The molecule has 2 rings (SSSR count). The number of rotatable bonds is 8. The van der Waals surface area contributed by atoms with Crippen molar-refractivity contribution >= 4 is 23.6 Å². The third-order valence-electron chi connectivity index (χ3n) is 4.25. The second-order valence-electron chi connectivity index (χ2n) is 6.28. The van der Waals surface area contributed by atoms with Crippen molar-refractivity contribution in [2.24, 2.45) is 4.99 Å². The summed E-state index contributed by atoms with van der Waals surface area (Å²) in [6.07, 6.45) is 6.88.